The molecular weight excluding hydrogens is 309 g/mol. The van der Waals surface area contributed by atoms with Gasteiger partial charge in [0.05, 0.1) is 5.75 Å². The Morgan fingerprint density at radius 3 is 2.50 bits per heavy atom. The molecule has 1 N–H and O–H groups in total. The summed E-state index contributed by atoms with van der Waals surface area (Å²) in [6.45, 7) is 1.85. The van der Waals surface area contributed by atoms with Crippen LogP contribution in [0.1, 0.15) is 25.3 Å². The van der Waals surface area contributed by atoms with E-state index in [1.54, 1.807) is 31.5 Å². The van der Waals surface area contributed by atoms with Gasteiger partial charge in [0.2, 0.25) is 10.0 Å². The number of nitrogens with zero attached hydrogens (tertiary/aromatic N) is 2. The molecule has 1 aliphatic rings. The van der Waals surface area contributed by atoms with Crippen molar-refractivity contribution >= 4 is 15.9 Å². The summed E-state index contributed by atoms with van der Waals surface area (Å²) >= 11 is 0. The second-order valence-electron chi connectivity index (χ2n) is 5.30. The first-order valence-electron chi connectivity index (χ1n) is 7.21. The number of carbonyl (C=O) groups excluding carboxylic acids is 1. The van der Waals surface area contributed by atoms with E-state index in [0.717, 1.165) is 5.56 Å². The van der Waals surface area contributed by atoms with Crippen molar-refractivity contribution in [1.82, 2.24) is 14.6 Å². The molecule has 8 heteroatoms. The van der Waals surface area contributed by atoms with E-state index in [1.165, 1.54) is 4.31 Å². The molecule has 1 aromatic heterocycles. The quantitative estimate of drug-likeness (QED) is 0.869. The fourth-order valence-electron chi connectivity index (χ4n) is 2.37. The predicted molar refractivity (Wildman–Crippen MR) is 80.2 cm³/mol. The first-order valence-corrected chi connectivity index (χ1v) is 8.82. The molecule has 1 amide bonds. The highest BCUT2D eigenvalue weighted by Crippen LogP contribution is 2.28. The standard InChI is InChI=1S/C14H20FN3O3S/c1-2-22(20,21)18-9-5-14(15,6-10-18)13(19)17-11-12-3-7-16-8-4-12/h3-4,7-8H,2,5-6,9-11H2,1H3,(H,17,19). The number of piperidine rings is 1. The van der Waals surface area contributed by atoms with E-state index >= 15 is 0 Å². The molecule has 2 rings (SSSR count). The molecule has 2 heterocycles. The Kier molecular flexibility index (Phi) is 5.12. The second kappa shape index (κ2) is 6.70. The number of hydrogen-bond donors (Lipinski definition) is 1. The van der Waals surface area contributed by atoms with Gasteiger partial charge in [0.15, 0.2) is 5.67 Å². The number of aromatic nitrogens is 1. The SMILES string of the molecule is CCS(=O)(=O)N1CCC(F)(C(=O)NCc2ccncc2)CC1. The molecule has 1 fully saturated rings. The average Bonchev–Trinajstić information content (AvgIpc) is 2.54. The van der Waals surface area contributed by atoms with Crippen LogP contribution >= 0.6 is 0 Å². The Labute approximate surface area is 129 Å². The van der Waals surface area contributed by atoms with E-state index in [1.807, 2.05) is 0 Å². The van der Waals surface area contributed by atoms with Crippen LogP contribution in [-0.4, -0.2) is 48.1 Å². The molecule has 0 aliphatic carbocycles. The highest BCUT2D eigenvalue weighted by molar-refractivity contribution is 7.89. The summed E-state index contributed by atoms with van der Waals surface area (Å²) in [4.78, 5) is 15.9. The minimum Gasteiger partial charge on any atom is -0.349 e. The lowest BCUT2D eigenvalue weighted by molar-refractivity contribution is -0.135. The van der Waals surface area contributed by atoms with Crippen molar-refractivity contribution in [2.24, 2.45) is 0 Å². The van der Waals surface area contributed by atoms with Gasteiger partial charge < -0.3 is 5.32 Å². The van der Waals surface area contributed by atoms with Crippen LogP contribution in [0.2, 0.25) is 0 Å². The normalized spacial score (nSPS) is 18.8. The Morgan fingerprint density at radius 1 is 1.36 bits per heavy atom. The summed E-state index contributed by atoms with van der Waals surface area (Å²) in [5.41, 5.74) is -1.18. The third-order valence-corrected chi connectivity index (χ3v) is 5.76. The number of nitrogens with one attached hydrogen (secondary N) is 1. The van der Waals surface area contributed by atoms with Crippen LogP contribution in [0.4, 0.5) is 4.39 Å². The van der Waals surface area contributed by atoms with Crippen LogP contribution in [0.5, 0.6) is 0 Å². The fraction of sp³-hybridized carbons (Fsp3) is 0.571. The molecule has 0 spiro atoms. The van der Waals surface area contributed by atoms with Crippen LogP contribution < -0.4 is 5.32 Å². The number of hydrogen-bond acceptors (Lipinski definition) is 4. The van der Waals surface area contributed by atoms with Gasteiger partial charge in [-0.15, -0.1) is 0 Å². The molecule has 0 bridgehead atoms. The molecule has 0 radical (unpaired) electrons. The monoisotopic (exact) mass is 329 g/mol. The number of alkyl halides is 1. The van der Waals surface area contributed by atoms with Crippen molar-refractivity contribution < 1.29 is 17.6 Å². The third kappa shape index (κ3) is 3.80. The minimum absolute atomic E-state index is 0.0134. The summed E-state index contributed by atoms with van der Waals surface area (Å²) in [5.74, 6) is -0.696. The number of sulfonamides is 1. The zero-order valence-electron chi connectivity index (χ0n) is 12.5. The van der Waals surface area contributed by atoms with Gasteiger partial charge in [0, 0.05) is 44.9 Å². The van der Waals surface area contributed by atoms with E-state index in [4.69, 9.17) is 0 Å². The summed E-state index contributed by atoms with van der Waals surface area (Å²) < 4.78 is 39.4. The molecule has 22 heavy (non-hydrogen) atoms. The number of amides is 1. The van der Waals surface area contributed by atoms with Crippen LogP contribution in [0.3, 0.4) is 0 Å². The smallest absolute Gasteiger partial charge is 0.258 e. The molecule has 0 saturated carbocycles. The van der Waals surface area contributed by atoms with E-state index < -0.39 is 21.6 Å². The zero-order valence-corrected chi connectivity index (χ0v) is 13.3. The van der Waals surface area contributed by atoms with Crippen LogP contribution in [-0.2, 0) is 21.4 Å². The Morgan fingerprint density at radius 2 is 1.95 bits per heavy atom. The van der Waals surface area contributed by atoms with E-state index in [-0.39, 0.29) is 38.2 Å². The molecule has 1 aliphatic heterocycles. The maximum absolute atomic E-state index is 14.7. The number of rotatable bonds is 5. The average molecular weight is 329 g/mol. The zero-order chi connectivity index (χ0) is 16.2. The first-order chi connectivity index (χ1) is 10.4. The van der Waals surface area contributed by atoms with Gasteiger partial charge in [-0.05, 0) is 24.6 Å². The van der Waals surface area contributed by atoms with Gasteiger partial charge >= 0.3 is 0 Å². The summed E-state index contributed by atoms with van der Waals surface area (Å²) in [5, 5.41) is 2.57. The maximum Gasteiger partial charge on any atom is 0.258 e. The van der Waals surface area contributed by atoms with Crippen LogP contribution in [0, 0.1) is 0 Å². The molecule has 1 aromatic rings. The van der Waals surface area contributed by atoms with E-state index in [9.17, 15) is 17.6 Å². The maximum atomic E-state index is 14.7. The summed E-state index contributed by atoms with van der Waals surface area (Å²) in [6, 6.07) is 3.48. The van der Waals surface area contributed by atoms with Crippen LogP contribution in [0.15, 0.2) is 24.5 Å². The summed E-state index contributed by atoms with van der Waals surface area (Å²) in [6.07, 6.45) is 2.96. The third-order valence-electron chi connectivity index (χ3n) is 3.88. The van der Waals surface area contributed by atoms with Crippen LogP contribution in [0.25, 0.3) is 0 Å². The molecule has 0 atom stereocenters. The van der Waals surface area contributed by atoms with Crippen molar-refractivity contribution in [1.29, 1.82) is 0 Å². The van der Waals surface area contributed by atoms with Gasteiger partial charge in [-0.25, -0.2) is 17.1 Å². The molecular formula is C14H20FN3O3S. The lowest BCUT2D eigenvalue weighted by Crippen LogP contribution is -2.52. The van der Waals surface area contributed by atoms with Crippen molar-refractivity contribution in [3.05, 3.63) is 30.1 Å². The molecule has 0 aromatic carbocycles. The Hall–Kier alpha value is -1.54. The van der Waals surface area contributed by atoms with Gasteiger partial charge in [-0.2, -0.15) is 0 Å². The van der Waals surface area contributed by atoms with Gasteiger partial charge in [0.25, 0.3) is 5.91 Å². The highest BCUT2D eigenvalue weighted by Gasteiger charge is 2.43. The van der Waals surface area contributed by atoms with Crippen molar-refractivity contribution in [2.75, 3.05) is 18.8 Å². The largest absolute Gasteiger partial charge is 0.349 e. The lowest BCUT2D eigenvalue weighted by Gasteiger charge is -2.34. The number of carbonyl (C=O) groups is 1. The van der Waals surface area contributed by atoms with Gasteiger partial charge in [-0.1, -0.05) is 0 Å². The Bertz CT molecular complexity index is 613. The lowest BCUT2D eigenvalue weighted by atomic mass is 9.93. The molecule has 1 saturated heterocycles. The Balaban J connectivity index is 1.91. The van der Waals surface area contributed by atoms with Crippen molar-refractivity contribution in [3.8, 4) is 0 Å². The van der Waals surface area contributed by atoms with Crippen molar-refractivity contribution in [3.63, 3.8) is 0 Å². The molecule has 6 nitrogen and oxygen atoms in total. The molecule has 0 unspecified atom stereocenters. The second-order valence-corrected chi connectivity index (χ2v) is 7.56. The van der Waals surface area contributed by atoms with E-state index in [0.29, 0.717) is 0 Å². The minimum atomic E-state index is -3.32. The number of pyridine rings is 1. The summed E-state index contributed by atoms with van der Waals surface area (Å²) in [7, 11) is -3.32. The van der Waals surface area contributed by atoms with Gasteiger partial charge in [-0.3, -0.25) is 9.78 Å². The highest BCUT2D eigenvalue weighted by atomic mass is 32.2. The van der Waals surface area contributed by atoms with Gasteiger partial charge in [0.1, 0.15) is 0 Å². The topological polar surface area (TPSA) is 79.4 Å². The van der Waals surface area contributed by atoms with E-state index in [2.05, 4.69) is 10.3 Å². The predicted octanol–water partition coefficient (Wildman–Crippen LogP) is 0.852. The van der Waals surface area contributed by atoms with Crippen molar-refractivity contribution in [2.45, 2.75) is 32.0 Å². The number of halogens is 1. The molecule has 122 valence electrons. The first kappa shape index (κ1) is 16.8. The fourth-order valence-corrected chi connectivity index (χ4v) is 3.47.